The molecular formula is C14H19FN2O3S. The quantitative estimate of drug-likeness (QED) is 0.913. The van der Waals surface area contributed by atoms with Crippen LogP contribution >= 0.6 is 0 Å². The fourth-order valence-electron chi connectivity index (χ4n) is 2.49. The summed E-state index contributed by atoms with van der Waals surface area (Å²) < 4.78 is 37.8. The van der Waals surface area contributed by atoms with Crippen molar-refractivity contribution in [1.82, 2.24) is 9.62 Å². The van der Waals surface area contributed by atoms with Crippen LogP contribution in [0.2, 0.25) is 0 Å². The van der Waals surface area contributed by atoms with E-state index in [1.807, 2.05) is 0 Å². The minimum Gasteiger partial charge on any atom is -0.334 e. The number of sulfonamides is 1. The molecule has 0 radical (unpaired) electrons. The smallest absolute Gasteiger partial charge is 0.254 e. The molecule has 1 fully saturated rings. The summed E-state index contributed by atoms with van der Waals surface area (Å²) in [6, 6.07) is 5.24. The van der Waals surface area contributed by atoms with Gasteiger partial charge in [0.05, 0.1) is 6.26 Å². The molecule has 1 aromatic rings. The first-order valence-corrected chi connectivity index (χ1v) is 8.77. The molecule has 0 saturated carbocycles. The minimum atomic E-state index is -3.28. The maximum absolute atomic E-state index is 12.9. The van der Waals surface area contributed by atoms with Crippen LogP contribution in [0.1, 0.15) is 29.6 Å². The molecular weight excluding hydrogens is 295 g/mol. The molecule has 1 N–H and O–H groups in total. The Balaban J connectivity index is 2.10. The van der Waals surface area contributed by atoms with Crippen LogP contribution in [-0.2, 0) is 10.0 Å². The largest absolute Gasteiger partial charge is 0.334 e. The van der Waals surface area contributed by atoms with Gasteiger partial charge in [0.2, 0.25) is 10.0 Å². The molecule has 1 aliphatic rings. The first-order valence-electron chi connectivity index (χ1n) is 6.88. The highest BCUT2D eigenvalue weighted by Crippen LogP contribution is 2.19. The molecule has 1 saturated heterocycles. The Morgan fingerprint density at radius 3 is 2.62 bits per heavy atom. The lowest BCUT2D eigenvalue weighted by Crippen LogP contribution is -2.49. The number of amides is 1. The van der Waals surface area contributed by atoms with Crippen molar-refractivity contribution in [2.75, 3.05) is 19.3 Å². The molecule has 0 bridgehead atoms. The van der Waals surface area contributed by atoms with Crippen LogP contribution in [0.5, 0.6) is 0 Å². The van der Waals surface area contributed by atoms with Crippen molar-refractivity contribution in [3.05, 3.63) is 35.6 Å². The average molecular weight is 314 g/mol. The van der Waals surface area contributed by atoms with Crippen molar-refractivity contribution in [2.45, 2.75) is 25.3 Å². The lowest BCUT2D eigenvalue weighted by molar-refractivity contribution is 0.0618. The molecule has 1 amide bonds. The van der Waals surface area contributed by atoms with Gasteiger partial charge in [-0.2, -0.15) is 0 Å². The summed E-state index contributed by atoms with van der Waals surface area (Å²) in [5.41, 5.74) is 0.419. The fourth-order valence-corrected chi connectivity index (χ4v) is 2.98. The average Bonchev–Trinajstić information content (AvgIpc) is 2.45. The third-order valence-electron chi connectivity index (χ3n) is 3.56. The second-order valence-corrected chi connectivity index (χ2v) is 7.11. The van der Waals surface area contributed by atoms with Gasteiger partial charge in [-0.05, 0) is 43.5 Å². The van der Waals surface area contributed by atoms with Gasteiger partial charge in [0, 0.05) is 24.7 Å². The molecule has 116 valence electrons. The fraction of sp³-hybridized carbons (Fsp3) is 0.500. The van der Waals surface area contributed by atoms with E-state index < -0.39 is 10.0 Å². The van der Waals surface area contributed by atoms with E-state index >= 15 is 0 Å². The highest BCUT2D eigenvalue weighted by atomic mass is 32.2. The lowest BCUT2D eigenvalue weighted by atomic mass is 10.0. The summed E-state index contributed by atoms with van der Waals surface area (Å²) in [4.78, 5) is 14.1. The van der Waals surface area contributed by atoms with Gasteiger partial charge in [-0.3, -0.25) is 4.79 Å². The van der Waals surface area contributed by atoms with Gasteiger partial charge in [-0.15, -0.1) is 0 Å². The van der Waals surface area contributed by atoms with Crippen LogP contribution in [0.25, 0.3) is 0 Å². The molecule has 1 aromatic carbocycles. The van der Waals surface area contributed by atoms with Crippen LogP contribution in [0.3, 0.4) is 0 Å². The van der Waals surface area contributed by atoms with E-state index in [0.29, 0.717) is 12.1 Å². The van der Waals surface area contributed by atoms with Crippen LogP contribution in [-0.4, -0.2) is 44.6 Å². The van der Waals surface area contributed by atoms with Gasteiger partial charge >= 0.3 is 0 Å². The van der Waals surface area contributed by atoms with Crippen LogP contribution < -0.4 is 4.72 Å². The van der Waals surface area contributed by atoms with E-state index in [9.17, 15) is 17.6 Å². The van der Waals surface area contributed by atoms with E-state index in [-0.39, 0.29) is 24.3 Å². The molecule has 21 heavy (non-hydrogen) atoms. The maximum Gasteiger partial charge on any atom is 0.254 e. The minimum absolute atomic E-state index is 0.161. The van der Waals surface area contributed by atoms with Gasteiger partial charge in [0.1, 0.15) is 5.82 Å². The van der Waals surface area contributed by atoms with Crippen molar-refractivity contribution in [3.8, 4) is 0 Å². The molecule has 0 aliphatic carbocycles. The van der Waals surface area contributed by atoms with Crippen molar-refractivity contribution in [3.63, 3.8) is 0 Å². The zero-order valence-corrected chi connectivity index (χ0v) is 12.7. The Hall–Kier alpha value is -1.47. The van der Waals surface area contributed by atoms with Gasteiger partial charge < -0.3 is 4.90 Å². The number of nitrogens with one attached hydrogen (secondary N) is 1. The number of piperidine rings is 1. The second-order valence-electron chi connectivity index (χ2n) is 5.28. The number of carbonyl (C=O) groups excluding carboxylic acids is 1. The third-order valence-corrected chi connectivity index (χ3v) is 4.25. The van der Waals surface area contributed by atoms with Crippen LogP contribution in [0.4, 0.5) is 4.39 Å². The number of nitrogens with zero attached hydrogens (tertiary/aromatic N) is 1. The summed E-state index contributed by atoms with van der Waals surface area (Å²) >= 11 is 0. The van der Waals surface area contributed by atoms with Gasteiger partial charge in [-0.25, -0.2) is 17.5 Å². The Kier molecular flexibility index (Phi) is 4.95. The SMILES string of the molecule is CS(=O)(=O)NC[C@H]1CCCCN1C(=O)c1ccc(F)cc1. The molecule has 1 atom stereocenters. The van der Waals surface area contributed by atoms with Crippen molar-refractivity contribution < 1.29 is 17.6 Å². The number of rotatable bonds is 4. The number of likely N-dealkylation sites (tertiary alicyclic amines) is 1. The lowest BCUT2D eigenvalue weighted by Gasteiger charge is -2.35. The maximum atomic E-state index is 12.9. The Bertz CT molecular complexity index is 601. The van der Waals surface area contributed by atoms with Gasteiger partial charge in [0.25, 0.3) is 5.91 Å². The van der Waals surface area contributed by atoms with Crippen LogP contribution in [0.15, 0.2) is 24.3 Å². The predicted octanol–water partition coefficient (Wildman–Crippen LogP) is 1.37. The predicted molar refractivity (Wildman–Crippen MR) is 77.9 cm³/mol. The van der Waals surface area contributed by atoms with E-state index in [4.69, 9.17) is 0 Å². The number of hydrogen-bond donors (Lipinski definition) is 1. The van der Waals surface area contributed by atoms with E-state index in [0.717, 1.165) is 25.5 Å². The van der Waals surface area contributed by atoms with Crippen LogP contribution in [0, 0.1) is 5.82 Å². The standard InChI is InChI=1S/C14H19FN2O3S/c1-21(19,20)16-10-13-4-2-3-9-17(13)14(18)11-5-7-12(15)8-6-11/h5-8,13,16H,2-4,9-10H2,1H3/t13-/m1/s1. The topological polar surface area (TPSA) is 66.5 Å². The molecule has 0 unspecified atom stereocenters. The molecule has 1 heterocycles. The highest BCUT2D eigenvalue weighted by molar-refractivity contribution is 7.88. The highest BCUT2D eigenvalue weighted by Gasteiger charge is 2.27. The van der Waals surface area contributed by atoms with Gasteiger partial charge in [-0.1, -0.05) is 0 Å². The number of halogens is 1. The monoisotopic (exact) mass is 314 g/mol. The zero-order chi connectivity index (χ0) is 15.5. The number of hydrogen-bond acceptors (Lipinski definition) is 3. The summed E-state index contributed by atoms with van der Waals surface area (Å²) in [5.74, 6) is -0.574. The van der Waals surface area contributed by atoms with Crippen molar-refractivity contribution in [2.24, 2.45) is 0 Å². The molecule has 2 rings (SSSR count). The van der Waals surface area contributed by atoms with E-state index in [1.165, 1.54) is 24.3 Å². The van der Waals surface area contributed by atoms with E-state index in [1.54, 1.807) is 4.90 Å². The van der Waals surface area contributed by atoms with E-state index in [2.05, 4.69) is 4.72 Å². The summed E-state index contributed by atoms with van der Waals surface area (Å²) in [6.07, 6.45) is 3.71. The Morgan fingerprint density at radius 1 is 1.33 bits per heavy atom. The summed E-state index contributed by atoms with van der Waals surface area (Å²) in [5, 5.41) is 0. The van der Waals surface area contributed by atoms with Crippen molar-refractivity contribution >= 4 is 15.9 Å². The second kappa shape index (κ2) is 6.53. The first kappa shape index (κ1) is 15.9. The Morgan fingerprint density at radius 2 is 2.00 bits per heavy atom. The molecule has 0 aromatic heterocycles. The molecule has 0 spiro atoms. The zero-order valence-electron chi connectivity index (χ0n) is 11.9. The van der Waals surface area contributed by atoms with Gasteiger partial charge in [0.15, 0.2) is 0 Å². The molecule has 1 aliphatic heterocycles. The third kappa shape index (κ3) is 4.50. The normalized spacial score (nSPS) is 19.5. The summed E-state index contributed by atoms with van der Waals surface area (Å²) in [7, 11) is -3.28. The summed E-state index contributed by atoms with van der Waals surface area (Å²) in [6.45, 7) is 0.804. The number of benzene rings is 1. The molecule has 7 heteroatoms. The number of carbonyl (C=O) groups is 1. The molecule has 5 nitrogen and oxygen atoms in total. The first-order chi connectivity index (χ1) is 9.87. The Labute approximate surface area is 124 Å². The van der Waals surface area contributed by atoms with Crippen molar-refractivity contribution in [1.29, 1.82) is 0 Å².